The number of carbonyl (C=O) groups is 2. The van der Waals surface area contributed by atoms with Crippen LogP contribution < -0.4 is 9.47 Å². The number of carboxylic acids is 2. The summed E-state index contributed by atoms with van der Waals surface area (Å²) in [5, 5.41) is 19.3. The number of nitrogens with zero attached hydrogens (tertiary/aromatic N) is 1. The number of aryl methyl sites for hydroxylation is 1. The van der Waals surface area contributed by atoms with Gasteiger partial charge in [0.25, 0.3) is 0 Å². The fourth-order valence-corrected chi connectivity index (χ4v) is 4.23. The summed E-state index contributed by atoms with van der Waals surface area (Å²) in [7, 11) is 0. The maximum absolute atomic E-state index is 11.9. The minimum absolute atomic E-state index is 0.0318. The van der Waals surface area contributed by atoms with E-state index in [4.69, 9.17) is 14.6 Å². The van der Waals surface area contributed by atoms with Gasteiger partial charge in [0, 0.05) is 30.1 Å². The second-order valence-corrected chi connectivity index (χ2v) is 8.90. The van der Waals surface area contributed by atoms with Gasteiger partial charge in [-0.05, 0) is 60.7 Å². The summed E-state index contributed by atoms with van der Waals surface area (Å²) in [5.41, 5.74) is 2.72. The molecule has 7 nitrogen and oxygen atoms in total. The Labute approximate surface area is 221 Å². The van der Waals surface area contributed by atoms with Gasteiger partial charge in [0.1, 0.15) is 11.5 Å². The van der Waals surface area contributed by atoms with Crippen LogP contribution in [0.25, 0.3) is 23.1 Å². The lowest BCUT2D eigenvalue weighted by atomic mass is 10.0. The molecule has 7 heteroatoms. The number of benzene rings is 3. The maximum atomic E-state index is 11.9. The van der Waals surface area contributed by atoms with Crippen LogP contribution in [0.2, 0.25) is 0 Å². The molecule has 0 bridgehead atoms. The van der Waals surface area contributed by atoms with Gasteiger partial charge >= 0.3 is 11.9 Å². The number of hydrogen-bond donors (Lipinski definition) is 2. The van der Waals surface area contributed by atoms with E-state index in [2.05, 4.69) is 0 Å². The molecular formula is C31H31NO6. The SMILES string of the molecule is O=C(O)CCCn1cc(C(=O)O)c2c(C=Cc3ccc(OCCCCOc4ccccc4)cc3)cccc21. The molecule has 0 aliphatic heterocycles. The van der Waals surface area contributed by atoms with Crippen LogP contribution >= 0.6 is 0 Å². The lowest BCUT2D eigenvalue weighted by Crippen LogP contribution is -2.02. The summed E-state index contributed by atoms with van der Waals surface area (Å²) in [4.78, 5) is 22.8. The summed E-state index contributed by atoms with van der Waals surface area (Å²) >= 11 is 0. The van der Waals surface area contributed by atoms with Crippen molar-refractivity contribution in [1.29, 1.82) is 0 Å². The molecule has 3 aromatic carbocycles. The summed E-state index contributed by atoms with van der Waals surface area (Å²) < 4.78 is 13.4. The fourth-order valence-electron chi connectivity index (χ4n) is 4.23. The molecule has 0 unspecified atom stereocenters. The minimum atomic E-state index is -1.01. The third-order valence-electron chi connectivity index (χ3n) is 6.11. The zero-order chi connectivity index (χ0) is 26.7. The number of fused-ring (bicyclic) bond motifs is 1. The first-order chi connectivity index (χ1) is 18.5. The number of aliphatic carboxylic acids is 1. The van der Waals surface area contributed by atoms with Gasteiger partial charge in [0.15, 0.2) is 0 Å². The van der Waals surface area contributed by atoms with Crippen molar-refractivity contribution in [3.8, 4) is 11.5 Å². The van der Waals surface area contributed by atoms with Gasteiger partial charge in [-0.1, -0.05) is 54.6 Å². The molecule has 0 aliphatic carbocycles. The number of rotatable bonds is 14. The minimum Gasteiger partial charge on any atom is -0.494 e. The van der Waals surface area contributed by atoms with Gasteiger partial charge in [0.05, 0.1) is 18.8 Å². The first-order valence-corrected chi connectivity index (χ1v) is 12.7. The summed E-state index contributed by atoms with van der Waals surface area (Å²) in [6, 6.07) is 23.1. The molecule has 0 saturated carbocycles. The summed E-state index contributed by atoms with van der Waals surface area (Å²) in [6.45, 7) is 1.70. The maximum Gasteiger partial charge on any atom is 0.337 e. The fraction of sp³-hybridized carbons (Fsp3) is 0.226. The zero-order valence-electron chi connectivity index (χ0n) is 21.1. The summed E-state index contributed by atoms with van der Waals surface area (Å²) in [5.74, 6) is -0.213. The van der Waals surface area contributed by atoms with E-state index in [-0.39, 0.29) is 12.0 Å². The number of hydrogen-bond acceptors (Lipinski definition) is 4. The molecule has 4 aromatic rings. The third kappa shape index (κ3) is 7.26. The Morgan fingerprint density at radius 3 is 2.11 bits per heavy atom. The Balaban J connectivity index is 1.34. The number of para-hydroxylation sites is 1. The highest BCUT2D eigenvalue weighted by molar-refractivity contribution is 6.07. The predicted molar refractivity (Wildman–Crippen MR) is 148 cm³/mol. The van der Waals surface area contributed by atoms with Crippen LogP contribution in [-0.4, -0.2) is 39.9 Å². The molecule has 0 aliphatic rings. The Hall–Kier alpha value is -4.52. The van der Waals surface area contributed by atoms with Crippen molar-refractivity contribution >= 4 is 35.0 Å². The van der Waals surface area contributed by atoms with Crippen LogP contribution in [0.3, 0.4) is 0 Å². The largest absolute Gasteiger partial charge is 0.494 e. The lowest BCUT2D eigenvalue weighted by Gasteiger charge is -2.08. The molecule has 1 aromatic heterocycles. The molecule has 0 amide bonds. The molecular weight excluding hydrogens is 482 g/mol. The van der Waals surface area contributed by atoms with Gasteiger partial charge < -0.3 is 24.3 Å². The van der Waals surface area contributed by atoms with Gasteiger partial charge in [0.2, 0.25) is 0 Å². The molecule has 1 heterocycles. The Morgan fingerprint density at radius 1 is 0.763 bits per heavy atom. The monoisotopic (exact) mass is 513 g/mol. The van der Waals surface area contributed by atoms with E-state index in [0.29, 0.717) is 31.6 Å². The number of carboxylic acid groups (broad SMARTS) is 2. The van der Waals surface area contributed by atoms with Crippen LogP contribution in [0, 0.1) is 0 Å². The van der Waals surface area contributed by atoms with E-state index in [1.807, 2.05) is 89.5 Å². The normalized spacial score (nSPS) is 11.2. The average molecular weight is 514 g/mol. The van der Waals surface area contributed by atoms with Crippen LogP contribution in [0.1, 0.15) is 47.2 Å². The molecule has 0 atom stereocenters. The molecule has 196 valence electrons. The Kier molecular flexibility index (Phi) is 9.18. The van der Waals surface area contributed by atoms with E-state index in [1.165, 1.54) is 0 Å². The smallest absolute Gasteiger partial charge is 0.337 e. The topological polar surface area (TPSA) is 98.0 Å². The van der Waals surface area contributed by atoms with Crippen molar-refractivity contribution in [3.63, 3.8) is 0 Å². The Morgan fingerprint density at radius 2 is 1.45 bits per heavy atom. The molecule has 0 saturated heterocycles. The van der Waals surface area contributed by atoms with Crippen molar-refractivity contribution in [3.05, 3.63) is 95.7 Å². The number of aromatic carboxylic acids is 1. The van der Waals surface area contributed by atoms with E-state index < -0.39 is 11.9 Å². The highest BCUT2D eigenvalue weighted by atomic mass is 16.5. The van der Waals surface area contributed by atoms with E-state index >= 15 is 0 Å². The predicted octanol–water partition coefficient (Wildman–Crippen LogP) is 6.61. The second-order valence-electron chi connectivity index (χ2n) is 8.90. The van der Waals surface area contributed by atoms with Crippen molar-refractivity contribution in [1.82, 2.24) is 4.57 Å². The van der Waals surface area contributed by atoms with Crippen LogP contribution in [-0.2, 0) is 11.3 Å². The third-order valence-corrected chi connectivity index (χ3v) is 6.11. The zero-order valence-corrected chi connectivity index (χ0v) is 21.1. The highest BCUT2D eigenvalue weighted by Crippen LogP contribution is 2.28. The average Bonchev–Trinajstić information content (AvgIpc) is 3.30. The van der Waals surface area contributed by atoms with E-state index in [0.717, 1.165) is 41.0 Å². The molecule has 4 rings (SSSR count). The summed E-state index contributed by atoms with van der Waals surface area (Å²) in [6.07, 6.45) is 7.68. The van der Waals surface area contributed by atoms with Crippen molar-refractivity contribution in [2.75, 3.05) is 13.2 Å². The second kappa shape index (κ2) is 13.1. The van der Waals surface area contributed by atoms with Crippen molar-refractivity contribution in [2.45, 2.75) is 32.2 Å². The van der Waals surface area contributed by atoms with E-state index in [9.17, 15) is 14.7 Å². The quantitative estimate of drug-likeness (QED) is 0.145. The molecule has 0 fully saturated rings. The van der Waals surface area contributed by atoms with Crippen LogP contribution in [0.4, 0.5) is 0 Å². The first kappa shape index (κ1) is 26.5. The molecule has 0 radical (unpaired) electrons. The van der Waals surface area contributed by atoms with Gasteiger partial charge in [-0.3, -0.25) is 4.79 Å². The molecule has 2 N–H and O–H groups in total. The van der Waals surface area contributed by atoms with Gasteiger partial charge in [-0.2, -0.15) is 0 Å². The molecule has 38 heavy (non-hydrogen) atoms. The molecule has 0 spiro atoms. The number of ether oxygens (including phenoxy) is 2. The number of unbranched alkanes of at least 4 members (excludes halogenated alkanes) is 1. The van der Waals surface area contributed by atoms with Crippen LogP contribution in [0.15, 0.2) is 79.0 Å². The standard InChI is InChI=1S/C31H31NO6/c33-29(34)12-7-19-32-22-27(31(35)36)30-24(8-6-11-28(30)32)16-13-23-14-17-26(18-15-23)38-21-5-4-20-37-25-9-2-1-3-10-25/h1-3,6,8-11,13-18,22H,4-5,7,12,19-21H2,(H,33,34)(H,35,36). The number of aromatic nitrogens is 1. The van der Waals surface area contributed by atoms with Crippen molar-refractivity contribution in [2.24, 2.45) is 0 Å². The van der Waals surface area contributed by atoms with Gasteiger partial charge in [-0.15, -0.1) is 0 Å². The van der Waals surface area contributed by atoms with E-state index in [1.54, 1.807) is 6.20 Å². The Bertz CT molecular complexity index is 1390. The first-order valence-electron chi connectivity index (χ1n) is 12.7. The van der Waals surface area contributed by atoms with Gasteiger partial charge in [-0.25, -0.2) is 4.79 Å². The van der Waals surface area contributed by atoms with Crippen LogP contribution in [0.5, 0.6) is 11.5 Å². The van der Waals surface area contributed by atoms with Crippen molar-refractivity contribution < 1.29 is 29.3 Å². The highest BCUT2D eigenvalue weighted by Gasteiger charge is 2.16. The lowest BCUT2D eigenvalue weighted by molar-refractivity contribution is -0.137.